The quantitative estimate of drug-likeness (QED) is 0.922. The van der Waals surface area contributed by atoms with E-state index in [1.54, 1.807) is 11.3 Å². The normalized spacial score (nSPS) is 22.2. The van der Waals surface area contributed by atoms with E-state index in [1.807, 2.05) is 42.2 Å². The molecule has 3 nitrogen and oxygen atoms in total. The number of aryl methyl sites for hydroxylation is 1. The number of benzene rings is 1. The highest BCUT2D eigenvalue weighted by molar-refractivity contribution is 7.13. The van der Waals surface area contributed by atoms with E-state index in [-0.39, 0.29) is 17.9 Å². The number of hydrogen-bond acceptors (Lipinski definition) is 3. The first-order chi connectivity index (χ1) is 9.65. The highest BCUT2D eigenvalue weighted by atomic mass is 32.1. The summed E-state index contributed by atoms with van der Waals surface area (Å²) >= 11 is 1.55. The predicted molar refractivity (Wildman–Crippen MR) is 82.1 cm³/mol. The molecule has 104 valence electrons. The van der Waals surface area contributed by atoms with Gasteiger partial charge in [0, 0.05) is 29.9 Å². The van der Waals surface area contributed by atoms with Crippen LogP contribution in [0.5, 0.6) is 0 Å². The largest absolute Gasteiger partial charge is 0.336 e. The number of thiophene rings is 1. The summed E-state index contributed by atoms with van der Waals surface area (Å²) in [5.41, 5.74) is 7.45. The lowest BCUT2D eigenvalue weighted by molar-refractivity contribution is 0.0794. The molecule has 1 aliphatic rings. The SMILES string of the molecule is Cc1ccc(C(=O)N2C[C@@H](N)[C@H](c3ccccc3)C2)s1. The van der Waals surface area contributed by atoms with Gasteiger partial charge in [-0.05, 0) is 24.6 Å². The van der Waals surface area contributed by atoms with E-state index >= 15 is 0 Å². The molecule has 0 aliphatic carbocycles. The van der Waals surface area contributed by atoms with Crippen LogP contribution in [0.4, 0.5) is 0 Å². The summed E-state index contributed by atoms with van der Waals surface area (Å²) in [6.45, 7) is 3.36. The number of carbonyl (C=O) groups excluding carboxylic acids is 1. The molecule has 1 fully saturated rings. The average molecular weight is 286 g/mol. The van der Waals surface area contributed by atoms with Gasteiger partial charge >= 0.3 is 0 Å². The van der Waals surface area contributed by atoms with E-state index in [4.69, 9.17) is 5.73 Å². The van der Waals surface area contributed by atoms with E-state index in [2.05, 4.69) is 12.1 Å². The molecule has 1 amide bonds. The van der Waals surface area contributed by atoms with E-state index in [1.165, 1.54) is 5.56 Å². The Morgan fingerprint density at radius 3 is 2.60 bits per heavy atom. The molecule has 0 saturated carbocycles. The number of amides is 1. The van der Waals surface area contributed by atoms with Crippen molar-refractivity contribution in [2.24, 2.45) is 5.73 Å². The lowest BCUT2D eigenvalue weighted by Crippen LogP contribution is -2.31. The minimum atomic E-state index is 0.0161. The van der Waals surface area contributed by atoms with Gasteiger partial charge in [0.15, 0.2) is 0 Å². The van der Waals surface area contributed by atoms with Gasteiger partial charge in [-0.2, -0.15) is 0 Å². The van der Waals surface area contributed by atoms with Crippen molar-refractivity contribution in [3.63, 3.8) is 0 Å². The molecule has 2 aromatic rings. The van der Waals surface area contributed by atoms with Crippen LogP contribution in [0.2, 0.25) is 0 Å². The first-order valence-corrected chi connectivity index (χ1v) is 7.63. The zero-order chi connectivity index (χ0) is 14.1. The summed E-state index contributed by atoms with van der Waals surface area (Å²) in [5.74, 6) is 0.346. The standard InChI is InChI=1S/C16H18N2OS/c1-11-7-8-15(20-11)16(19)18-9-13(14(17)10-18)12-5-3-2-4-6-12/h2-8,13-14H,9-10,17H2,1H3/t13-,14+/m0/s1. The van der Waals surface area contributed by atoms with Crippen LogP contribution in [0, 0.1) is 6.92 Å². The highest BCUT2D eigenvalue weighted by Crippen LogP contribution is 2.28. The molecule has 2 atom stereocenters. The molecule has 2 N–H and O–H groups in total. The molecular formula is C16H18N2OS. The summed E-state index contributed by atoms with van der Waals surface area (Å²) < 4.78 is 0. The van der Waals surface area contributed by atoms with E-state index in [9.17, 15) is 4.79 Å². The van der Waals surface area contributed by atoms with Gasteiger partial charge in [0.1, 0.15) is 0 Å². The smallest absolute Gasteiger partial charge is 0.264 e. The van der Waals surface area contributed by atoms with Crippen molar-refractivity contribution in [3.05, 3.63) is 57.8 Å². The molecular weight excluding hydrogens is 268 g/mol. The number of nitrogens with zero attached hydrogens (tertiary/aromatic N) is 1. The predicted octanol–water partition coefficient (Wildman–Crippen LogP) is 2.62. The van der Waals surface area contributed by atoms with Crippen LogP contribution in [0.25, 0.3) is 0 Å². The van der Waals surface area contributed by atoms with Gasteiger partial charge in [0.05, 0.1) is 4.88 Å². The Bertz CT molecular complexity index is 608. The molecule has 1 aromatic heterocycles. The van der Waals surface area contributed by atoms with Crippen LogP contribution in [-0.2, 0) is 0 Å². The van der Waals surface area contributed by atoms with E-state index in [0.717, 1.165) is 9.75 Å². The molecule has 2 heterocycles. The molecule has 0 unspecified atom stereocenters. The maximum atomic E-state index is 12.5. The van der Waals surface area contributed by atoms with Crippen molar-refractivity contribution in [2.45, 2.75) is 18.9 Å². The third kappa shape index (κ3) is 2.49. The summed E-state index contributed by atoms with van der Waals surface area (Å²) in [6.07, 6.45) is 0. The zero-order valence-electron chi connectivity index (χ0n) is 11.5. The van der Waals surface area contributed by atoms with Crippen molar-refractivity contribution >= 4 is 17.2 Å². The first-order valence-electron chi connectivity index (χ1n) is 6.81. The Hall–Kier alpha value is -1.65. The molecule has 0 radical (unpaired) electrons. The number of hydrogen-bond donors (Lipinski definition) is 1. The van der Waals surface area contributed by atoms with Crippen molar-refractivity contribution in [1.82, 2.24) is 4.90 Å². The summed E-state index contributed by atoms with van der Waals surface area (Å²) in [6, 6.07) is 14.1. The lowest BCUT2D eigenvalue weighted by atomic mass is 9.95. The van der Waals surface area contributed by atoms with Crippen LogP contribution in [0.1, 0.15) is 26.0 Å². The van der Waals surface area contributed by atoms with Gasteiger partial charge in [0.2, 0.25) is 0 Å². The zero-order valence-corrected chi connectivity index (χ0v) is 12.3. The van der Waals surface area contributed by atoms with Crippen molar-refractivity contribution in [1.29, 1.82) is 0 Å². The van der Waals surface area contributed by atoms with Crippen LogP contribution in [0.3, 0.4) is 0 Å². The molecule has 0 bridgehead atoms. The number of likely N-dealkylation sites (tertiary alicyclic amines) is 1. The number of rotatable bonds is 2. The van der Waals surface area contributed by atoms with Crippen LogP contribution in [0.15, 0.2) is 42.5 Å². The fourth-order valence-corrected chi connectivity index (χ4v) is 3.59. The minimum absolute atomic E-state index is 0.0161. The average Bonchev–Trinajstić information content (AvgIpc) is 3.05. The molecule has 1 saturated heterocycles. The van der Waals surface area contributed by atoms with Gasteiger partial charge in [0.25, 0.3) is 5.91 Å². The maximum Gasteiger partial charge on any atom is 0.264 e. The number of carbonyl (C=O) groups is 1. The fraction of sp³-hybridized carbons (Fsp3) is 0.312. The Balaban J connectivity index is 1.77. The Morgan fingerprint density at radius 1 is 1.20 bits per heavy atom. The maximum absolute atomic E-state index is 12.5. The first kappa shape index (κ1) is 13.3. The second kappa shape index (κ2) is 5.38. The molecule has 1 aromatic carbocycles. The molecule has 4 heteroatoms. The lowest BCUT2D eigenvalue weighted by Gasteiger charge is -2.15. The van der Waals surface area contributed by atoms with Crippen molar-refractivity contribution in [3.8, 4) is 0 Å². The van der Waals surface area contributed by atoms with Gasteiger partial charge in [-0.3, -0.25) is 4.79 Å². The number of nitrogens with two attached hydrogens (primary N) is 1. The van der Waals surface area contributed by atoms with Gasteiger partial charge in [-0.1, -0.05) is 30.3 Å². The summed E-state index contributed by atoms with van der Waals surface area (Å²) in [4.78, 5) is 16.3. The third-order valence-electron chi connectivity index (χ3n) is 3.83. The van der Waals surface area contributed by atoms with Crippen LogP contribution in [-0.4, -0.2) is 29.9 Å². The fourth-order valence-electron chi connectivity index (χ4n) is 2.75. The third-order valence-corrected chi connectivity index (χ3v) is 4.82. The van der Waals surface area contributed by atoms with Gasteiger partial charge in [-0.15, -0.1) is 11.3 Å². The highest BCUT2D eigenvalue weighted by Gasteiger charge is 2.34. The van der Waals surface area contributed by atoms with Crippen molar-refractivity contribution < 1.29 is 4.79 Å². The van der Waals surface area contributed by atoms with Crippen LogP contribution >= 0.6 is 11.3 Å². The summed E-state index contributed by atoms with van der Waals surface area (Å²) in [5, 5.41) is 0. The van der Waals surface area contributed by atoms with Crippen LogP contribution < -0.4 is 5.73 Å². The second-order valence-corrected chi connectivity index (χ2v) is 6.59. The van der Waals surface area contributed by atoms with Crippen molar-refractivity contribution in [2.75, 3.05) is 13.1 Å². The minimum Gasteiger partial charge on any atom is -0.336 e. The Labute approximate surface area is 123 Å². The molecule has 3 rings (SSSR count). The topological polar surface area (TPSA) is 46.3 Å². The van der Waals surface area contributed by atoms with Gasteiger partial charge in [-0.25, -0.2) is 0 Å². The monoisotopic (exact) mass is 286 g/mol. The Kier molecular flexibility index (Phi) is 3.59. The molecule has 1 aliphatic heterocycles. The Morgan fingerprint density at radius 2 is 1.95 bits per heavy atom. The second-order valence-electron chi connectivity index (χ2n) is 5.30. The summed E-state index contributed by atoms with van der Waals surface area (Å²) in [7, 11) is 0. The van der Waals surface area contributed by atoms with E-state index < -0.39 is 0 Å². The van der Waals surface area contributed by atoms with Gasteiger partial charge < -0.3 is 10.6 Å². The molecule has 0 spiro atoms. The molecule has 20 heavy (non-hydrogen) atoms. The van der Waals surface area contributed by atoms with E-state index in [0.29, 0.717) is 13.1 Å².